The van der Waals surface area contributed by atoms with Crippen molar-refractivity contribution in [3.63, 3.8) is 0 Å². The van der Waals surface area contributed by atoms with Crippen LogP contribution in [0.4, 0.5) is 19.0 Å². The van der Waals surface area contributed by atoms with Gasteiger partial charge in [-0.2, -0.15) is 13.2 Å². The van der Waals surface area contributed by atoms with Gasteiger partial charge in [0.25, 0.3) is 5.56 Å². The molecular formula is C28H18ClF3N8O2. The number of rotatable bonds is 4. The molecule has 6 aromatic rings. The number of nitrogens with zero attached hydrogens (tertiary/aromatic N) is 6. The minimum Gasteiger partial charge on any atom is -0.380 e. The van der Waals surface area contributed by atoms with E-state index in [0.717, 1.165) is 34.3 Å². The highest BCUT2D eigenvalue weighted by Gasteiger charge is 2.54. The molecule has 3 atom stereocenters. The van der Waals surface area contributed by atoms with Gasteiger partial charge in [-0.15, -0.1) is 5.10 Å². The van der Waals surface area contributed by atoms with Crippen molar-refractivity contribution in [2.75, 3.05) is 5.73 Å². The van der Waals surface area contributed by atoms with Crippen LogP contribution in [0.25, 0.3) is 39.2 Å². The average Bonchev–Trinajstić information content (AvgIpc) is 3.37. The molecule has 2 aromatic carbocycles. The maximum absolute atomic E-state index is 13.6. The summed E-state index contributed by atoms with van der Waals surface area (Å²) in [6.45, 7) is 0. The fourth-order valence-electron chi connectivity index (χ4n) is 5.99. The number of hydrogen-bond donors (Lipinski definition) is 2. The second kappa shape index (κ2) is 8.55. The Morgan fingerprint density at radius 2 is 1.95 bits per heavy atom. The molecule has 1 saturated carbocycles. The number of aromatic amines is 1. The van der Waals surface area contributed by atoms with Crippen molar-refractivity contribution in [1.82, 2.24) is 34.7 Å². The van der Waals surface area contributed by atoms with Gasteiger partial charge < -0.3 is 19.8 Å². The fourth-order valence-corrected chi connectivity index (χ4v) is 6.16. The Bertz CT molecular complexity index is 2110. The quantitative estimate of drug-likeness (QED) is 0.273. The van der Waals surface area contributed by atoms with E-state index in [4.69, 9.17) is 21.9 Å². The highest BCUT2D eigenvalue weighted by Crippen LogP contribution is 2.60. The second-order valence-corrected chi connectivity index (χ2v) is 10.9. The Balaban J connectivity index is 1.18. The van der Waals surface area contributed by atoms with Gasteiger partial charge in [0.15, 0.2) is 17.1 Å². The van der Waals surface area contributed by atoms with E-state index < -0.39 is 11.9 Å². The van der Waals surface area contributed by atoms with Crippen molar-refractivity contribution in [3.05, 3.63) is 93.4 Å². The summed E-state index contributed by atoms with van der Waals surface area (Å²) >= 11 is 6.28. The van der Waals surface area contributed by atoms with Gasteiger partial charge in [0, 0.05) is 33.8 Å². The Kier molecular flexibility index (Phi) is 5.06. The van der Waals surface area contributed by atoms with Crippen LogP contribution >= 0.6 is 11.6 Å². The van der Waals surface area contributed by atoms with E-state index >= 15 is 0 Å². The number of pyridine rings is 1. The minimum atomic E-state index is -4.64. The van der Waals surface area contributed by atoms with E-state index in [9.17, 15) is 18.0 Å². The maximum atomic E-state index is 13.6. The Morgan fingerprint density at radius 1 is 1.10 bits per heavy atom. The number of nitrogens with one attached hydrogen (secondary N) is 1. The first-order valence-electron chi connectivity index (χ1n) is 12.9. The van der Waals surface area contributed by atoms with Gasteiger partial charge in [-0.25, -0.2) is 9.67 Å². The molecule has 0 amide bonds. The van der Waals surface area contributed by atoms with Gasteiger partial charge in [0.1, 0.15) is 5.82 Å². The van der Waals surface area contributed by atoms with Crippen LogP contribution in [0.1, 0.15) is 35.5 Å². The maximum Gasteiger partial charge on any atom is 0.436 e. The molecule has 1 fully saturated rings. The smallest absolute Gasteiger partial charge is 0.380 e. The summed E-state index contributed by atoms with van der Waals surface area (Å²) in [4.78, 5) is 21.6. The minimum absolute atomic E-state index is 0.161. The van der Waals surface area contributed by atoms with Gasteiger partial charge in [0.05, 0.1) is 35.2 Å². The molecule has 5 heterocycles. The summed E-state index contributed by atoms with van der Waals surface area (Å²) in [5.41, 5.74) is 8.76. The van der Waals surface area contributed by atoms with Gasteiger partial charge in [-0.05, 0) is 54.3 Å². The van der Waals surface area contributed by atoms with Crippen molar-refractivity contribution >= 4 is 28.4 Å². The summed E-state index contributed by atoms with van der Waals surface area (Å²) in [6.07, 6.45) is -1.20. The van der Waals surface area contributed by atoms with Crippen LogP contribution in [0.3, 0.4) is 0 Å². The molecule has 14 heteroatoms. The number of benzene rings is 2. The van der Waals surface area contributed by atoms with Crippen molar-refractivity contribution < 1.29 is 17.7 Å². The molecule has 3 unspecified atom stereocenters. The number of anilines is 1. The van der Waals surface area contributed by atoms with Gasteiger partial charge in [0.2, 0.25) is 0 Å². The molecule has 0 spiro atoms. The van der Waals surface area contributed by atoms with E-state index in [2.05, 4.69) is 25.4 Å². The Hall–Kier alpha value is -4.91. The van der Waals surface area contributed by atoms with Crippen molar-refractivity contribution in [2.45, 2.75) is 24.6 Å². The topological polar surface area (TPSA) is 133 Å². The van der Waals surface area contributed by atoms with E-state index in [1.165, 1.54) is 6.07 Å². The summed E-state index contributed by atoms with van der Waals surface area (Å²) in [6, 6.07) is 13.3. The SMILES string of the molecule is Nc1noc2cc(-c3ncc(C4C5CC5c5cc(-c6cc(Cl)ccc6-n6cc(C(F)(F)F)nn6)cc(=O)n54)[nH]3)ccc12. The van der Waals surface area contributed by atoms with Crippen LogP contribution in [0, 0.1) is 5.92 Å². The van der Waals surface area contributed by atoms with Crippen LogP contribution in [0.15, 0.2) is 70.2 Å². The van der Waals surface area contributed by atoms with Crippen molar-refractivity contribution in [1.29, 1.82) is 0 Å². The van der Waals surface area contributed by atoms with E-state index in [-0.39, 0.29) is 23.4 Å². The molecule has 1 aliphatic heterocycles. The van der Waals surface area contributed by atoms with Gasteiger partial charge in [-0.1, -0.05) is 28.0 Å². The fraction of sp³-hybridized carbons (Fsp3) is 0.179. The van der Waals surface area contributed by atoms with Crippen LogP contribution in [-0.4, -0.2) is 34.7 Å². The summed E-state index contributed by atoms with van der Waals surface area (Å²) in [5, 5.41) is 11.8. The highest BCUT2D eigenvalue weighted by molar-refractivity contribution is 6.31. The van der Waals surface area contributed by atoms with Crippen LogP contribution < -0.4 is 11.3 Å². The van der Waals surface area contributed by atoms with Gasteiger partial charge in [-0.3, -0.25) is 4.79 Å². The molecule has 0 radical (unpaired) electrons. The first kappa shape index (κ1) is 24.9. The lowest BCUT2D eigenvalue weighted by Crippen LogP contribution is -2.26. The standard InChI is InChI=1S/C28H18ClF3N8O2/c29-14-2-4-20(39-11-23(36-38-39)28(30,31)32)16(8-14)13-5-21-17-9-18(17)25(40(21)24(41)7-13)19-10-34-27(35-19)12-1-3-15-22(6-12)42-37-26(15)33/h1-8,10-11,17-18,25H,9H2,(H2,33,37)(H,34,35). The second-order valence-electron chi connectivity index (χ2n) is 10.5. The van der Waals surface area contributed by atoms with Crippen molar-refractivity contribution in [2.24, 2.45) is 5.92 Å². The number of alkyl halides is 3. The van der Waals surface area contributed by atoms with Crippen LogP contribution in [0.5, 0.6) is 0 Å². The Labute approximate surface area is 238 Å². The summed E-state index contributed by atoms with van der Waals surface area (Å²) in [5.74, 6) is 1.30. The first-order chi connectivity index (χ1) is 20.2. The monoisotopic (exact) mass is 590 g/mol. The lowest BCUT2D eigenvalue weighted by atomic mass is 10.0. The Morgan fingerprint density at radius 3 is 2.76 bits per heavy atom. The zero-order valence-corrected chi connectivity index (χ0v) is 22.1. The third-order valence-corrected chi connectivity index (χ3v) is 8.22. The number of fused-ring (bicyclic) bond motifs is 4. The normalized spacial score (nSPS) is 19.3. The largest absolute Gasteiger partial charge is 0.436 e. The third-order valence-electron chi connectivity index (χ3n) is 7.99. The average molecular weight is 591 g/mol. The molecule has 42 heavy (non-hydrogen) atoms. The van der Waals surface area contributed by atoms with Crippen LogP contribution in [-0.2, 0) is 6.18 Å². The van der Waals surface area contributed by atoms with Gasteiger partial charge >= 0.3 is 6.18 Å². The number of hydrogen-bond acceptors (Lipinski definition) is 7. The molecule has 0 bridgehead atoms. The molecule has 1 aliphatic carbocycles. The number of aromatic nitrogens is 7. The number of H-pyrrole nitrogens is 1. The van der Waals surface area contributed by atoms with E-state index in [1.54, 1.807) is 35.0 Å². The molecule has 210 valence electrons. The summed E-state index contributed by atoms with van der Waals surface area (Å²) in [7, 11) is 0. The number of nitrogen functional groups attached to an aromatic ring is 1. The predicted molar refractivity (Wildman–Crippen MR) is 146 cm³/mol. The number of nitrogens with two attached hydrogens (primary N) is 1. The zero-order chi connectivity index (χ0) is 28.9. The third kappa shape index (κ3) is 3.76. The molecule has 4 aromatic heterocycles. The molecule has 0 saturated heterocycles. The summed E-state index contributed by atoms with van der Waals surface area (Å²) < 4.78 is 47.7. The van der Waals surface area contributed by atoms with E-state index in [1.807, 2.05) is 18.2 Å². The lowest BCUT2D eigenvalue weighted by molar-refractivity contribution is -0.141. The van der Waals surface area contributed by atoms with Crippen LogP contribution in [0.2, 0.25) is 5.02 Å². The molecule has 3 N–H and O–H groups in total. The highest BCUT2D eigenvalue weighted by atomic mass is 35.5. The molecular weight excluding hydrogens is 573 g/mol. The van der Waals surface area contributed by atoms with E-state index in [0.29, 0.717) is 44.4 Å². The number of imidazole rings is 1. The first-order valence-corrected chi connectivity index (χ1v) is 13.3. The van der Waals surface area contributed by atoms with Crippen molar-refractivity contribution in [3.8, 4) is 28.2 Å². The number of halogens is 4. The molecule has 2 aliphatic rings. The predicted octanol–water partition coefficient (Wildman–Crippen LogP) is 5.59. The zero-order valence-electron chi connectivity index (χ0n) is 21.3. The molecule has 10 nitrogen and oxygen atoms in total. The lowest BCUT2D eigenvalue weighted by Gasteiger charge is -2.18. The molecule has 8 rings (SSSR count).